The fourth-order valence-electron chi connectivity index (χ4n) is 3.35. The van der Waals surface area contributed by atoms with Gasteiger partial charge in [-0.15, -0.1) is 0 Å². The van der Waals surface area contributed by atoms with Gasteiger partial charge in [0.25, 0.3) is 0 Å². The molecule has 27 heavy (non-hydrogen) atoms. The van der Waals surface area contributed by atoms with Gasteiger partial charge in [0.15, 0.2) is 0 Å². The van der Waals surface area contributed by atoms with E-state index in [1.807, 2.05) is 59.1 Å². The van der Waals surface area contributed by atoms with Gasteiger partial charge in [-0.3, -0.25) is 10.1 Å². The highest BCUT2D eigenvalue weighted by Gasteiger charge is 2.28. The third kappa shape index (κ3) is 3.29. The van der Waals surface area contributed by atoms with E-state index in [1.54, 1.807) is 12.1 Å². The van der Waals surface area contributed by atoms with Crippen LogP contribution in [0.2, 0.25) is 0 Å². The van der Waals surface area contributed by atoms with Crippen LogP contribution in [0, 0.1) is 15.9 Å². The summed E-state index contributed by atoms with van der Waals surface area (Å²) in [5, 5.41) is 11.4. The van der Waals surface area contributed by atoms with Gasteiger partial charge in [-0.1, -0.05) is 48.5 Å². The summed E-state index contributed by atoms with van der Waals surface area (Å²) in [4.78, 5) is 15.8. The number of nitrogens with zero attached hydrogens (tertiary/aromatic N) is 3. The maximum absolute atomic E-state index is 13.4. The number of imidazole rings is 1. The first-order valence-electron chi connectivity index (χ1n) is 8.53. The predicted molar refractivity (Wildman–Crippen MR) is 101 cm³/mol. The highest BCUT2D eigenvalue weighted by Crippen LogP contribution is 2.34. The van der Waals surface area contributed by atoms with Crippen LogP contribution in [0.1, 0.15) is 17.2 Å². The van der Waals surface area contributed by atoms with Crippen molar-refractivity contribution >= 4 is 5.65 Å². The molecule has 6 heteroatoms. The van der Waals surface area contributed by atoms with E-state index in [0.717, 1.165) is 11.3 Å². The van der Waals surface area contributed by atoms with Gasteiger partial charge in [-0.05, 0) is 29.8 Å². The Morgan fingerprint density at radius 3 is 2.41 bits per heavy atom. The van der Waals surface area contributed by atoms with E-state index in [9.17, 15) is 14.5 Å². The third-order valence-corrected chi connectivity index (χ3v) is 4.55. The van der Waals surface area contributed by atoms with Crippen LogP contribution < -0.4 is 0 Å². The normalized spacial score (nSPS) is 12.2. The van der Waals surface area contributed by atoms with Crippen LogP contribution in [-0.2, 0) is 0 Å². The monoisotopic (exact) mass is 361 g/mol. The summed E-state index contributed by atoms with van der Waals surface area (Å²) in [6.07, 6.45) is 1.85. The number of nitro groups is 1. The lowest BCUT2D eigenvalue weighted by Crippen LogP contribution is -2.16. The lowest BCUT2D eigenvalue weighted by Gasteiger charge is -2.16. The molecule has 2 aromatic heterocycles. The van der Waals surface area contributed by atoms with Crippen molar-refractivity contribution in [3.05, 3.63) is 106 Å². The molecule has 5 nitrogen and oxygen atoms in total. The van der Waals surface area contributed by atoms with Crippen molar-refractivity contribution in [1.29, 1.82) is 0 Å². The molecule has 0 aliphatic carbocycles. The summed E-state index contributed by atoms with van der Waals surface area (Å²) >= 11 is 0. The molecule has 0 amide bonds. The van der Waals surface area contributed by atoms with E-state index in [2.05, 4.69) is 0 Å². The zero-order valence-corrected chi connectivity index (χ0v) is 14.3. The molecule has 0 fully saturated rings. The number of pyridine rings is 1. The first kappa shape index (κ1) is 16.9. The lowest BCUT2D eigenvalue weighted by molar-refractivity contribution is -0.482. The Balaban J connectivity index is 1.98. The van der Waals surface area contributed by atoms with Crippen molar-refractivity contribution in [3.8, 4) is 11.3 Å². The molecule has 1 unspecified atom stereocenters. The second-order valence-corrected chi connectivity index (χ2v) is 6.26. The van der Waals surface area contributed by atoms with Crippen LogP contribution in [0.3, 0.4) is 0 Å². The van der Waals surface area contributed by atoms with Crippen LogP contribution in [0.15, 0.2) is 79.0 Å². The van der Waals surface area contributed by atoms with Gasteiger partial charge in [0.1, 0.15) is 11.5 Å². The van der Waals surface area contributed by atoms with Crippen molar-refractivity contribution in [2.24, 2.45) is 0 Å². The molecule has 0 radical (unpaired) electrons. The minimum absolute atomic E-state index is 0.311. The molecule has 0 aliphatic rings. The largest absolute Gasteiger partial charge is 0.303 e. The summed E-state index contributed by atoms with van der Waals surface area (Å²) in [6.45, 7) is -0.311. The van der Waals surface area contributed by atoms with Gasteiger partial charge in [0, 0.05) is 16.7 Å². The SMILES string of the molecule is O=[N+]([O-])CC(c1ccc(F)cc1)c1c(-c2ccccc2)nc2ccccn12. The van der Waals surface area contributed by atoms with Crippen LogP contribution >= 0.6 is 0 Å². The molecule has 134 valence electrons. The maximum atomic E-state index is 13.4. The maximum Gasteiger partial charge on any atom is 0.216 e. The molecule has 4 aromatic rings. The van der Waals surface area contributed by atoms with Crippen molar-refractivity contribution < 1.29 is 9.31 Å². The average Bonchev–Trinajstić information content (AvgIpc) is 3.07. The van der Waals surface area contributed by atoms with Crippen molar-refractivity contribution in [2.45, 2.75) is 5.92 Å². The Morgan fingerprint density at radius 1 is 1.00 bits per heavy atom. The zero-order valence-electron chi connectivity index (χ0n) is 14.3. The van der Waals surface area contributed by atoms with E-state index < -0.39 is 5.92 Å². The molecule has 0 saturated heterocycles. The quantitative estimate of drug-likeness (QED) is 0.387. The number of hydrogen-bond acceptors (Lipinski definition) is 3. The summed E-state index contributed by atoms with van der Waals surface area (Å²) in [7, 11) is 0. The van der Waals surface area contributed by atoms with Gasteiger partial charge in [-0.2, -0.15) is 0 Å². The molecule has 0 bridgehead atoms. The Kier molecular flexibility index (Phi) is 4.38. The van der Waals surface area contributed by atoms with Gasteiger partial charge < -0.3 is 4.40 Å². The van der Waals surface area contributed by atoms with Crippen LogP contribution in [0.4, 0.5) is 4.39 Å². The molecule has 0 saturated carbocycles. The number of hydrogen-bond donors (Lipinski definition) is 0. The molecule has 0 spiro atoms. The highest BCUT2D eigenvalue weighted by molar-refractivity contribution is 5.68. The predicted octanol–water partition coefficient (Wildman–Crippen LogP) is 4.55. The standard InChI is InChI=1S/C21H16FN3O2/c22-17-11-9-15(10-12-17)18(14-25(26)27)21-20(16-6-2-1-3-7-16)23-19-8-4-5-13-24(19)21/h1-13,18H,14H2. The lowest BCUT2D eigenvalue weighted by atomic mass is 9.92. The molecule has 2 aromatic carbocycles. The fourth-order valence-corrected chi connectivity index (χ4v) is 3.35. The summed E-state index contributed by atoms with van der Waals surface area (Å²) < 4.78 is 15.3. The van der Waals surface area contributed by atoms with E-state index in [4.69, 9.17) is 4.98 Å². The van der Waals surface area contributed by atoms with E-state index in [0.29, 0.717) is 16.9 Å². The Labute approximate surface area is 154 Å². The third-order valence-electron chi connectivity index (χ3n) is 4.55. The Morgan fingerprint density at radius 2 is 1.70 bits per heavy atom. The van der Waals surface area contributed by atoms with Gasteiger partial charge in [0.2, 0.25) is 6.54 Å². The molecule has 4 rings (SSSR count). The highest BCUT2D eigenvalue weighted by atomic mass is 19.1. The second kappa shape index (κ2) is 6.99. The number of aromatic nitrogens is 2. The topological polar surface area (TPSA) is 60.4 Å². The van der Waals surface area contributed by atoms with Crippen molar-refractivity contribution in [1.82, 2.24) is 9.38 Å². The summed E-state index contributed by atoms with van der Waals surface area (Å²) in [6, 6.07) is 21.0. The van der Waals surface area contributed by atoms with E-state index in [-0.39, 0.29) is 17.3 Å². The summed E-state index contributed by atoms with van der Waals surface area (Å²) in [5.41, 5.74) is 3.68. The van der Waals surface area contributed by atoms with Gasteiger partial charge >= 0.3 is 0 Å². The van der Waals surface area contributed by atoms with Crippen LogP contribution in [-0.4, -0.2) is 20.9 Å². The Hall–Kier alpha value is -3.54. The van der Waals surface area contributed by atoms with Crippen LogP contribution in [0.25, 0.3) is 16.9 Å². The summed E-state index contributed by atoms with van der Waals surface area (Å²) in [5.74, 6) is -0.937. The molecule has 0 aliphatic heterocycles. The average molecular weight is 361 g/mol. The minimum atomic E-state index is -0.562. The molecule has 2 heterocycles. The van der Waals surface area contributed by atoms with E-state index in [1.165, 1.54) is 12.1 Å². The van der Waals surface area contributed by atoms with E-state index >= 15 is 0 Å². The van der Waals surface area contributed by atoms with Crippen molar-refractivity contribution in [3.63, 3.8) is 0 Å². The fraction of sp³-hybridized carbons (Fsp3) is 0.0952. The molecule has 0 N–H and O–H groups in total. The van der Waals surface area contributed by atoms with Crippen LogP contribution in [0.5, 0.6) is 0 Å². The van der Waals surface area contributed by atoms with Crippen molar-refractivity contribution in [2.75, 3.05) is 6.54 Å². The smallest absolute Gasteiger partial charge is 0.216 e. The molecular formula is C21H16FN3O2. The first-order chi connectivity index (χ1) is 13.1. The molecular weight excluding hydrogens is 345 g/mol. The number of benzene rings is 2. The van der Waals surface area contributed by atoms with Gasteiger partial charge in [-0.25, -0.2) is 9.37 Å². The number of rotatable bonds is 5. The Bertz CT molecular complexity index is 1090. The first-order valence-corrected chi connectivity index (χ1v) is 8.53. The van der Waals surface area contributed by atoms with Gasteiger partial charge in [0.05, 0.1) is 17.3 Å². The molecule has 1 atom stereocenters. The zero-order chi connectivity index (χ0) is 18.8. The minimum Gasteiger partial charge on any atom is -0.303 e. The number of fused-ring (bicyclic) bond motifs is 1. The number of halogens is 1. The second-order valence-electron chi connectivity index (χ2n) is 6.26.